The smallest absolute Gasteiger partial charge is 0.253 e. The molecule has 7 heteroatoms. The monoisotopic (exact) mass is 419 g/mol. The lowest BCUT2D eigenvalue weighted by Gasteiger charge is -2.30. The molecule has 0 aliphatic carbocycles. The van der Waals surface area contributed by atoms with Crippen LogP contribution in [0.4, 0.5) is 11.4 Å². The Morgan fingerprint density at radius 1 is 1.13 bits per heavy atom. The van der Waals surface area contributed by atoms with E-state index in [1.54, 1.807) is 24.3 Å². The van der Waals surface area contributed by atoms with Gasteiger partial charge in [0.1, 0.15) is 5.54 Å². The first-order chi connectivity index (χ1) is 14.4. The standard InChI is InChI=1S/C23H18ClN3O3/c1-3-11-26-17-10-5-4-9-16(17)23(22(26)30)19-18(13(2)25-23)20(28)27(21(19)29)15-8-6-7-14(24)12-15/h1,4-10,12-13,18-19,25H,11H2,2H3. The average molecular weight is 420 g/mol. The van der Waals surface area contributed by atoms with Crippen molar-refractivity contribution < 1.29 is 14.4 Å². The van der Waals surface area contributed by atoms with Crippen LogP contribution in [0.15, 0.2) is 48.5 Å². The normalized spacial score (nSPS) is 29.5. The van der Waals surface area contributed by atoms with E-state index in [4.69, 9.17) is 18.0 Å². The fraction of sp³-hybridized carbons (Fsp3) is 0.261. The van der Waals surface area contributed by atoms with E-state index < -0.39 is 23.3 Å². The SMILES string of the molecule is C#CCN1C(=O)C2(NC(C)C3C(=O)N(c4cccc(Cl)c4)C(=O)C32)c2ccccc21. The first kappa shape index (κ1) is 18.9. The summed E-state index contributed by atoms with van der Waals surface area (Å²) >= 11 is 6.09. The molecule has 3 aliphatic heterocycles. The summed E-state index contributed by atoms with van der Waals surface area (Å²) in [6, 6.07) is 13.5. The molecule has 150 valence electrons. The Labute approximate surface area is 178 Å². The number of rotatable bonds is 2. The summed E-state index contributed by atoms with van der Waals surface area (Å²) < 4.78 is 0. The number of halogens is 1. The lowest BCUT2D eigenvalue weighted by molar-refractivity contribution is -0.132. The zero-order valence-electron chi connectivity index (χ0n) is 16.1. The molecule has 6 nitrogen and oxygen atoms in total. The molecule has 0 saturated carbocycles. The second-order valence-electron chi connectivity index (χ2n) is 7.85. The molecule has 2 fully saturated rings. The van der Waals surface area contributed by atoms with E-state index in [0.717, 1.165) is 0 Å². The largest absolute Gasteiger partial charge is 0.298 e. The highest BCUT2D eigenvalue weighted by atomic mass is 35.5. The third-order valence-electron chi connectivity index (χ3n) is 6.33. The summed E-state index contributed by atoms with van der Waals surface area (Å²) in [6.45, 7) is 1.92. The van der Waals surface area contributed by atoms with Gasteiger partial charge < -0.3 is 0 Å². The van der Waals surface area contributed by atoms with Crippen molar-refractivity contribution >= 4 is 40.7 Å². The number of amides is 3. The van der Waals surface area contributed by atoms with E-state index in [-0.39, 0.29) is 24.4 Å². The van der Waals surface area contributed by atoms with Gasteiger partial charge in [-0.1, -0.05) is 41.8 Å². The molecule has 1 N–H and O–H groups in total. The molecule has 3 aliphatic rings. The average Bonchev–Trinajstić information content (AvgIpc) is 3.27. The highest BCUT2D eigenvalue weighted by Gasteiger charge is 2.71. The molecule has 5 rings (SSSR count). The van der Waals surface area contributed by atoms with Crippen molar-refractivity contribution in [3.63, 3.8) is 0 Å². The van der Waals surface area contributed by atoms with Crippen molar-refractivity contribution in [3.05, 3.63) is 59.1 Å². The summed E-state index contributed by atoms with van der Waals surface area (Å²) in [4.78, 5) is 43.4. The summed E-state index contributed by atoms with van der Waals surface area (Å²) in [5.41, 5.74) is 0.437. The van der Waals surface area contributed by atoms with Crippen LogP contribution in [0, 0.1) is 24.2 Å². The van der Waals surface area contributed by atoms with Gasteiger partial charge in [-0.15, -0.1) is 6.42 Å². The summed E-state index contributed by atoms with van der Waals surface area (Å²) in [5.74, 6) is -0.0459. The lowest BCUT2D eigenvalue weighted by Crippen LogP contribution is -2.55. The van der Waals surface area contributed by atoms with Crippen molar-refractivity contribution in [2.75, 3.05) is 16.3 Å². The van der Waals surface area contributed by atoms with E-state index in [0.29, 0.717) is 22.0 Å². The quantitative estimate of drug-likeness (QED) is 0.599. The van der Waals surface area contributed by atoms with Gasteiger partial charge in [0.05, 0.1) is 29.8 Å². The molecule has 2 aromatic carbocycles. The summed E-state index contributed by atoms with van der Waals surface area (Å²) in [7, 11) is 0. The number of carbonyl (C=O) groups is 3. The Bertz CT molecular complexity index is 1160. The molecular weight excluding hydrogens is 402 g/mol. The van der Waals surface area contributed by atoms with Crippen LogP contribution in [0.2, 0.25) is 5.02 Å². The minimum atomic E-state index is -1.32. The maximum absolute atomic E-state index is 13.7. The highest BCUT2D eigenvalue weighted by Crippen LogP contribution is 2.54. The first-order valence-corrected chi connectivity index (χ1v) is 10.1. The summed E-state index contributed by atoms with van der Waals surface area (Å²) in [5, 5.41) is 3.74. The van der Waals surface area contributed by atoms with Crippen molar-refractivity contribution in [1.82, 2.24) is 5.32 Å². The van der Waals surface area contributed by atoms with Gasteiger partial charge >= 0.3 is 0 Å². The van der Waals surface area contributed by atoms with E-state index in [9.17, 15) is 14.4 Å². The van der Waals surface area contributed by atoms with Gasteiger partial charge in [-0.2, -0.15) is 0 Å². The number of benzene rings is 2. The van der Waals surface area contributed by atoms with Crippen LogP contribution in [0.25, 0.3) is 0 Å². The molecule has 3 amide bonds. The molecule has 30 heavy (non-hydrogen) atoms. The molecule has 1 spiro atoms. The number of carbonyl (C=O) groups excluding carboxylic acids is 3. The van der Waals surface area contributed by atoms with Crippen molar-refractivity contribution in [2.24, 2.45) is 11.8 Å². The maximum atomic E-state index is 13.7. The Hall–Kier alpha value is -3.14. The first-order valence-electron chi connectivity index (χ1n) is 9.68. The number of hydrogen-bond acceptors (Lipinski definition) is 4. The van der Waals surface area contributed by atoms with Crippen LogP contribution < -0.4 is 15.1 Å². The topological polar surface area (TPSA) is 69.7 Å². The van der Waals surface area contributed by atoms with Crippen molar-refractivity contribution in [3.8, 4) is 12.3 Å². The molecule has 4 atom stereocenters. The molecule has 4 unspecified atom stereocenters. The van der Waals surface area contributed by atoms with E-state index in [1.165, 1.54) is 9.80 Å². The Morgan fingerprint density at radius 3 is 2.63 bits per heavy atom. The van der Waals surface area contributed by atoms with Crippen LogP contribution in [0.1, 0.15) is 12.5 Å². The van der Waals surface area contributed by atoms with Gasteiger partial charge in [0.15, 0.2) is 0 Å². The minimum absolute atomic E-state index is 0.0885. The third-order valence-corrected chi connectivity index (χ3v) is 6.56. The number of imide groups is 1. The Balaban J connectivity index is 1.68. The van der Waals surface area contributed by atoms with Crippen LogP contribution in [0.5, 0.6) is 0 Å². The van der Waals surface area contributed by atoms with Gasteiger partial charge in [-0.25, -0.2) is 4.90 Å². The third kappa shape index (κ3) is 2.22. The van der Waals surface area contributed by atoms with Gasteiger partial charge in [0, 0.05) is 16.6 Å². The minimum Gasteiger partial charge on any atom is -0.298 e. The van der Waals surface area contributed by atoms with Gasteiger partial charge in [-0.05, 0) is 31.2 Å². The molecule has 0 aromatic heterocycles. The maximum Gasteiger partial charge on any atom is 0.253 e. The molecule has 0 radical (unpaired) electrons. The number of nitrogens with one attached hydrogen (secondary N) is 1. The number of para-hydroxylation sites is 1. The zero-order chi connectivity index (χ0) is 21.2. The summed E-state index contributed by atoms with van der Waals surface area (Å²) in [6.07, 6.45) is 5.50. The molecular formula is C23H18ClN3O3. The van der Waals surface area contributed by atoms with Crippen LogP contribution in [0.3, 0.4) is 0 Å². The molecule has 2 saturated heterocycles. The van der Waals surface area contributed by atoms with Crippen LogP contribution in [-0.4, -0.2) is 30.3 Å². The van der Waals surface area contributed by atoms with E-state index in [1.807, 2.05) is 31.2 Å². The molecule has 0 bridgehead atoms. The fourth-order valence-electron chi connectivity index (χ4n) is 5.23. The van der Waals surface area contributed by atoms with E-state index >= 15 is 0 Å². The van der Waals surface area contributed by atoms with Gasteiger partial charge in [0.25, 0.3) is 5.91 Å². The molecule has 3 heterocycles. The predicted molar refractivity (Wildman–Crippen MR) is 113 cm³/mol. The second-order valence-corrected chi connectivity index (χ2v) is 8.29. The highest BCUT2D eigenvalue weighted by molar-refractivity contribution is 6.31. The van der Waals surface area contributed by atoms with Gasteiger partial charge in [0.2, 0.25) is 11.8 Å². The number of fused-ring (bicyclic) bond motifs is 4. The number of terminal acetylenes is 1. The fourth-order valence-corrected chi connectivity index (χ4v) is 5.41. The Morgan fingerprint density at radius 2 is 1.90 bits per heavy atom. The van der Waals surface area contributed by atoms with Crippen molar-refractivity contribution in [1.29, 1.82) is 0 Å². The second kappa shape index (κ2) is 6.43. The lowest BCUT2D eigenvalue weighted by atomic mass is 9.76. The van der Waals surface area contributed by atoms with Crippen molar-refractivity contribution in [2.45, 2.75) is 18.5 Å². The number of nitrogens with zero attached hydrogens (tertiary/aromatic N) is 2. The van der Waals surface area contributed by atoms with E-state index in [2.05, 4.69) is 11.2 Å². The zero-order valence-corrected chi connectivity index (χ0v) is 16.9. The van der Waals surface area contributed by atoms with Crippen LogP contribution in [-0.2, 0) is 19.9 Å². The number of hydrogen-bond donors (Lipinski definition) is 1. The van der Waals surface area contributed by atoms with Crippen LogP contribution >= 0.6 is 11.6 Å². The van der Waals surface area contributed by atoms with Gasteiger partial charge in [-0.3, -0.25) is 24.6 Å². The molecule has 2 aromatic rings. The number of anilines is 2. The predicted octanol–water partition coefficient (Wildman–Crippen LogP) is 2.31. The Kier molecular flexibility index (Phi) is 4.04.